The van der Waals surface area contributed by atoms with Gasteiger partial charge in [-0.3, -0.25) is 0 Å². The molecule has 0 atom stereocenters. The summed E-state index contributed by atoms with van der Waals surface area (Å²) in [6, 6.07) is 17.8. The van der Waals surface area contributed by atoms with E-state index in [-0.39, 0.29) is 11.6 Å². The molecule has 0 unspecified atom stereocenters. The summed E-state index contributed by atoms with van der Waals surface area (Å²) in [5.41, 5.74) is 2.61. The van der Waals surface area contributed by atoms with Crippen LogP contribution in [0.25, 0.3) is 16.9 Å². The minimum absolute atomic E-state index is 0.00131. The highest BCUT2D eigenvalue weighted by Crippen LogP contribution is 2.31. The number of nitriles is 2. The van der Waals surface area contributed by atoms with E-state index in [1.165, 1.54) is 17.1 Å². The van der Waals surface area contributed by atoms with E-state index in [4.69, 9.17) is 4.74 Å². The number of ether oxygens (including phenoxy) is 1. The van der Waals surface area contributed by atoms with Crippen LogP contribution in [0.4, 0.5) is 0 Å². The normalized spacial score (nSPS) is 10.2. The number of benzene rings is 2. The second kappa shape index (κ2) is 7.74. The quantitative estimate of drug-likeness (QED) is 0.557. The van der Waals surface area contributed by atoms with Gasteiger partial charge in [-0.25, -0.2) is 9.67 Å². The minimum Gasteiger partial charge on any atom is -0.505 e. The Kier molecular flexibility index (Phi) is 4.82. The van der Waals surface area contributed by atoms with Gasteiger partial charge in [0, 0.05) is 17.7 Å². The number of aromatic hydroxyl groups is 1. The van der Waals surface area contributed by atoms with Gasteiger partial charge in [-0.15, -0.1) is 0 Å². The highest BCUT2D eigenvalue weighted by Gasteiger charge is 2.14. The molecule has 2 heterocycles. The third-order valence-corrected chi connectivity index (χ3v) is 4.26. The van der Waals surface area contributed by atoms with Crippen LogP contribution in [0.15, 0.2) is 60.9 Å². The van der Waals surface area contributed by atoms with Gasteiger partial charge < -0.3 is 9.84 Å². The van der Waals surface area contributed by atoms with E-state index in [2.05, 4.69) is 27.2 Å². The lowest BCUT2D eigenvalue weighted by molar-refractivity contribution is 0.456. The molecule has 0 radical (unpaired) electrons. The molecule has 0 spiro atoms. The van der Waals surface area contributed by atoms with E-state index in [9.17, 15) is 15.6 Å². The van der Waals surface area contributed by atoms with Crippen molar-refractivity contribution in [2.75, 3.05) is 0 Å². The van der Waals surface area contributed by atoms with Crippen LogP contribution in [0.2, 0.25) is 0 Å². The van der Waals surface area contributed by atoms with Crippen molar-refractivity contribution in [2.45, 2.75) is 6.92 Å². The Balaban J connectivity index is 1.79. The molecule has 0 amide bonds. The van der Waals surface area contributed by atoms with Crippen molar-refractivity contribution in [3.05, 3.63) is 77.9 Å². The molecule has 0 bridgehead atoms. The predicted octanol–water partition coefficient (Wildman–Crippen LogP) is 3.88. The average Bonchev–Trinajstić information content (AvgIpc) is 3.19. The number of hydrogen-bond acceptors (Lipinski definition) is 7. The smallest absolute Gasteiger partial charge is 0.223 e. The lowest BCUT2D eigenvalue weighted by Crippen LogP contribution is -2.01. The average molecular weight is 394 g/mol. The van der Waals surface area contributed by atoms with Crippen molar-refractivity contribution < 1.29 is 9.84 Å². The Morgan fingerprint density at radius 1 is 1.03 bits per heavy atom. The minimum atomic E-state index is -0.00131. The summed E-state index contributed by atoms with van der Waals surface area (Å²) < 4.78 is 7.44. The standard InChI is InChI=1S/C22H14N6O2/c1-14-26-19(18-5-3-2-4-16(18)11-24)9-22(27-14)30-21-8-15(10-23)6-7-20(21)28-13-17(29)12-25-28/h2-9,12-13,29H,1H3. The van der Waals surface area contributed by atoms with Crippen LogP contribution in [0.3, 0.4) is 0 Å². The van der Waals surface area contributed by atoms with Crippen molar-refractivity contribution in [2.24, 2.45) is 0 Å². The number of rotatable bonds is 4. The molecule has 0 aliphatic rings. The van der Waals surface area contributed by atoms with Crippen LogP contribution >= 0.6 is 0 Å². The van der Waals surface area contributed by atoms with Gasteiger partial charge in [-0.1, -0.05) is 18.2 Å². The zero-order chi connectivity index (χ0) is 21.1. The van der Waals surface area contributed by atoms with E-state index in [1.54, 1.807) is 49.4 Å². The number of nitrogens with zero attached hydrogens (tertiary/aromatic N) is 6. The van der Waals surface area contributed by atoms with Gasteiger partial charge in [0.2, 0.25) is 5.88 Å². The van der Waals surface area contributed by atoms with Gasteiger partial charge in [0.15, 0.2) is 11.5 Å². The van der Waals surface area contributed by atoms with Gasteiger partial charge in [-0.2, -0.15) is 20.6 Å². The first-order valence-corrected chi connectivity index (χ1v) is 8.88. The van der Waals surface area contributed by atoms with Crippen molar-refractivity contribution in [1.29, 1.82) is 10.5 Å². The first kappa shape index (κ1) is 18.7. The second-order valence-corrected chi connectivity index (χ2v) is 6.34. The molecule has 8 nitrogen and oxygen atoms in total. The lowest BCUT2D eigenvalue weighted by atomic mass is 10.1. The largest absolute Gasteiger partial charge is 0.505 e. The van der Waals surface area contributed by atoms with Gasteiger partial charge in [-0.05, 0) is 25.1 Å². The maximum absolute atomic E-state index is 9.62. The first-order chi connectivity index (χ1) is 14.6. The number of hydrogen-bond donors (Lipinski definition) is 1. The molecular weight excluding hydrogens is 380 g/mol. The predicted molar refractivity (Wildman–Crippen MR) is 107 cm³/mol. The maximum atomic E-state index is 9.62. The molecule has 1 N–H and O–H groups in total. The number of aromatic nitrogens is 4. The molecule has 0 aliphatic carbocycles. The highest BCUT2D eigenvalue weighted by molar-refractivity contribution is 5.68. The third-order valence-electron chi connectivity index (χ3n) is 4.26. The maximum Gasteiger partial charge on any atom is 0.223 e. The zero-order valence-corrected chi connectivity index (χ0v) is 15.8. The summed E-state index contributed by atoms with van der Waals surface area (Å²) in [6.45, 7) is 1.73. The highest BCUT2D eigenvalue weighted by atomic mass is 16.5. The van der Waals surface area contributed by atoms with Gasteiger partial charge in [0.05, 0.1) is 41.4 Å². The Morgan fingerprint density at radius 2 is 1.87 bits per heavy atom. The van der Waals surface area contributed by atoms with E-state index in [1.807, 2.05) is 6.07 Å². The molecule has 0 fully saturated rings. The Bertz CT molecular complexity index is 1330. The zero-order valence-electron chi connectivity index (χ0n) is 15.8. The topological polar surface area (TPSA) is 121 Å². The van der Waals surface area contributed by atoms with Gasteiger partial charge in [0.25, 0.3) is 0 Å². The van der Waals surface area contributed by atoms with Crippen molar-refractivity contribution in [3.8, 4) is 46.5 Å². The lowest BCUT2D eigenvalue weighted by Gasteiger charge is -2.12. The van der Waals surface area contributed by atoms with Gasteiger partial charge >= 0.3 is 0 Å². The molecular formula is C22H14N6O2. The fourth-order valence-electron chi connectivity index (χ4n) is 2.95. The summed E-state index contributed by atoms with van der Waals surface area (Å²) in [5.74, 6) is 1.04. The Labute approximate surface area is 171 Å². The summed E-state index contributed by atoms with van der Waals surface area (Å²) in [7, 11) is 0. The van der Waals surface area contributed by atoms with Crippen LogP contribution in [0.1, 0.15) is 17.0 Å². The summed E-state index contributed by atoms with van der Waals surface area (Å²) in [4.78, 5) is 8.75. The number of aryl methyl sites for hydroxylation is 1. The Morgan fingerprint density at radius 3 is 2.60 bits per heavy atom. The molecule has 144 valence electrons. The summed E-state index contributed by atoms with van der Waals surface area (Å²) >= 11 is 0. The van der Waals surface area contributed by atoms with Crippen molar-refractivity contribution in [1.82, 2.24) is 19.7 Å². The van der Waals surface area contributed by atoms with E-state index in [0.717, 1.165) is 0 Å². The van der Waals surface area contributed by atoms with E-state index in [0.29, 0.717) is 39.6 Å². The third kappa shape index (κ3) is 3.66. The van der Waals surface area contributed by atoms with Crippen molar-refractivity contribution in [3.63, 3.8) is 0 Å². The van der Waals surface area contributed by atoms with Crippen LogP contribution < -0.4 is 4.74 Å². The molecule has 8 heteroatoms. The van der Waals surface area contributed by atoms with Crippen LogP contribution in [-0.4, -0.2) is 24.9 Å². The monoisotopic (exact) mass is 394 g/mol. The molecule has 0 saturated heterocycles. The molecule has 2 aromatic heterocycles. The van der Waals surface area contributed by atoms with E-state index < -0.39 is 0 Å². The van der Waals surface area contributed by atoms with E-state index >= 15 is 0 Å². The van der Waals surface area contributed by atoms with Crippen LogP contribution in [0, 0.1) is 29.6 Å². The SMILES string of the molecule is Cc1nc(Oc2cc(C#N)ccc2-n2cc(O)cn2)cc(-c2ccccc2C#N)n1. The Hall–Kier alpha value is -4.69. The molecule has 0 saturated carbocycles. The molecule has 4 rings (SSSR count). The fourth-order valence-corrected chi connectivity index (χ4v) is 2.95. The molecule has 4 aromatic rings. The van der Waals surface area contributed by atoms with Gasteiger partial charge in [0.1, 0.15) is 11.5 Å². The first-order valence-electron chi connectivity index (χ1n) is 8.88. The van der Waals surface area contributed by atoms with Crippen LogP contribution in [-0.2, 0) is 0 Å². The molecule has 2 aromatic carbocycles. The fraction of sp³-hybridized carbons (Fsp3) is 0.0455. The van der Waals surface area contributed by atoms with Crippen molar-refractivity contribution >= 4 is 0 Å². The summed E-state index contributed by atoms with van der Waals surface area (Å²) in [5, 5.41) is 32.4. The summed E-state index contributed by atoms with van der Waals surface area (Å²) in [6.07, 6.45) is 2.72. The molecule has 0 aliphatic heterocycles. The molecule has 30 heavy (non-hydrogen) atoms. The second-order valence-electron chi connectivity index (χ2n) is 6.34. The van der Waals surface area contributed by atoms with Crippen LogP contribution in [0.5, 0.6) is 17.4 Å².